The Labute approximate surface area is 113 Å². The van der Waals surface area contributed by atoms with Crippen LogP contribution in [0.2, 0.25) is 0 Å². The van der Waals surface area contributed by atoms with Gasteiger partial charge in [-0.2, -0.15) is 8.42 Å². The van der Waals surface area contributed by atoms with E-state index in [2.05, 4.69) is 5.32 Å². The molecule has 110 valence electrons. The molecule has 1 rings (SSSR count). The quantitative estimate of drug-likeness (QED) is 0.312. The molecule has 0 atom stereocenters. The summed E-state index contributed by atoms with van der Waals surface area (Å²) in [6.07, 6.45) is 1.83. The van der Waals surface area contributed by atoms with Crippen molar-refractivity contribution in [2.75, 3.05) is 24.2 Å². The Kier molecular flexibility index (Phi) is 8.08. The van der Waals surface area contributed by atoms with Gasteiger partial charge < -0.3 is 16.2 Å². The number of rotatable bonds is 5. The van der Waals surface area contributed by atoms with Gasteiger partial charge in [0.05, 0.1) is 0 Å². The minimum Gasteiger partial charge on any atom is -0.399 e. The molecule has 0 aromatic heterocycles. The fourth-order valence-electron chi connectivity index (χ4n) is 1.26. The maximum atomic E-state index is 8.74. The van der Waals surface area contributed by atoms with Crippen LogP contribution < -0.4 is 11.1 Å². The lowest BCUT2D eigenvalue weighted by Crippen LogP contribution is -2.03. The third-order valence-electron chi connectivity index (χ3n) is 2.18. The highest BCUT2D eigenvalue weighted by Crippen LogP contribution is 2.16. The van der Waals surface area contributed by atoms with Crippen LogP contribution >= 0.6 is 0 Å². The number of benzene rings is 1. The molecule has 0 aliphatic carbocycles. The molecule has 8 heteroatoms. The lowest BCUT2D eigenvalue weighted by Gasteiger charge is -2.07. The first-order valence-corrected chi connectivity index (χ1v) is 7.04. The summed E-state index contributed by atoms with van der Waals surface area (Å²) in [5.41, 5.74) is 8.72. The van der Waals surface area contributed by atoms with E-state index in [4.69, 9.17) is 28.4 Å². The predicted octanol–water partition coefficient (Wildman–Crippen LogP) is 1.11. The SMILES string of the molecule is Cc1cc(NCCCCO)ccc1N.O=S(=O)(O)O. The van der Waals surface area contributed by atoms with Crippen molar-refractivity contribution in [3.8, 4) is 0 Å². The number of nitrogens with one attached hydrogen (secondary N) is 1. The maximum absolute atomic E-state index is 8.74. The molecular weight excluding hydrogens is 272 g/mol. The minimum atomic E-state index is -4.67. The molecule has 0 bridgehead atoms. The van der Waals surface area contributed by atoms with Crippen LogP contribution in [0.1, 0.15) is 18.4 Å². The largest absolute Gasteiger partial charge is 0.399 e. The van der Waals surface area contributed by atoms with Crippen molar-refractivity contribution < 1.29 is 22.6 Å². The molecular formula is C11H20N2O5S. The summed E-state index contributed by atoms with van der Waals surface area (Å²) in [5, 5.41) is 11.9. The standard InChI is InChI=1S/C11H18N2O.H2O4S/c1-9-8-10(4-5-11(9)12)13-6-2-3-7-14;1-5(2,3)4/h4-5,8,13-14H,2-3,6-7,12H2,1H3;(H2,1,2,3,4). The normalized spacial score (nSPS) is 10.5. The molecule has 1 aromatic rings. The molecule has 0 unspecified atom stereocenters. The van der Waals surface area contributed by atoms with Crippen LogP contribution in [0.15, 0.2) is 18.2 Å². The van der Waals surface area contributed by atoms with Crippen molar-refractivity contribution in [3.05, 3.63) is 23.8 Å². The van der Waals surface area contributed by atoms with Crippen molar-refractivity contribution in [1.82, 2.24) is 0 Å². The number of anilines is 2. The molecule has 0 aliphatic rings. The van der Waals surface area contributed by atoms with Crippen LogP contribution in [0, 0.1) is 6.92 Å². The van der Waals surface area contributed by atoms with Crippen molar-refractivity contribution in [3.63, 3.8) is 0 Å². The molecule has 6 N–H and O–H groups in total. The molecule has 1 aromatic carbocycles. The smallest absolute Gasteiger partial charge is 0.394 e. The van der Waals surface area contributed by atoms with E-state index in [0.717, 1.165) is 36.3 Å². The Morgan fingerprint density at radius 1 is 1.26 bits per heavy atom. The summed E-state index contributed by atoms with van der Waals surface area (Å²) in [5.74, 6) is 0. The van der Waals surface area contributed by atoms with Gasteiger partial charge in [0, 0.05) is 24.5 Å². The monoisotopic (exact) mass is 292 g/mol. The van der Waals surface area contributed by atoms with Gasteiger partial charge in [0.25, 0.3) is 0 Å². The zero-order chi connectivity index (χ0) is 14.9. The number of aliphatic hydroxyl groups is 1. The van der Waals surface area contributed by atoms with E-state index in [1.807, 2.05) is 25.1 Å². The number of aliphatic hydroxyl groups excluding tert-OH is 1. The molecule has 0 radical (unpaired) electrons. The summed E-state index contributed by atoms with van der Waals surface area (Å²) in [4.78, 5) is 0. The van der Waals surface area contributed by atoms with E-state index in [1.54, 1.807) is 0 Å². The lowest BCUT2D eigenvalue weighted by atomic mass is 10.2. The first-order valence-electron chi connectivity index (χ1n) is 5.64. The molecule has 0 spiro atoms. The average Bonchev–Trinajstić information content (AvgIpc) is 2.27. The molecule has 0 fully saturated rings. The van der Waals surface area contributed by atoms with Crippen LogP contribution in [0.25, 0.3) is 0 Å². The van der Waals surface area contributed by atoms with E-state index >= 15 is 0 Å². The van der Waals surface area contributed by atoms with Gasteiger partial charge >= 0.3 is 10.4 Å². The van der Waals surface area contributed by atoms with Crippen molar-refractivity contribution >= 4 is 21.8 Å². The lowest BCUT2D eigenvalue weighted by molar-refractivity contribution is 0.286. The summed E-state index contributed by atoms with van der Waals surface area (Å²) in [7, 11) is -4.67. The Bertz CT molecular complexity index is 468. The van der Waals surface area contributed by atoms with Gasteiger partial charge in [0.1, 0.15) is 0 Å². The Morgan fingerprint density at radius 2 is 1.84 bits per heavy atom. The number of hydrogen-bond acceptors (Lipinski definition) is 5. The van der Waals surface area contributed by atoms with Gasteiger partial charge in [0.15, 0.2) is 0 Å². The van der Waals surface area contributed by atoms with E-state index in [9.17, 15) is 0 Å². The van der Waals surface area contributed by atoms with Crippen LogP contribution in [0.4, 0.5) is 11.4 Å². The first kappa shape index (κ1) is 17.6. The van der Waals surface area contributed by atoms with Crippen molar-refractivity contribution in [1.29, 1.82) is 0 Å². The van der Waals surface area contributed by atoms with E-state index < -0.39 is 10.4 Å². The second-order valence-corrected chi connectivity index (χ2v) is 4.77. The van der Waals surface area contributed by atoms with E-state index in [0.29, 0.717) is 0 Å². The summed E-state index contributed by atoms with van der Waals surface area (Å²) in [6, 6.07) is 5.92. The van der Waals surface area contributed by atoms with Crippen molar-refractivity contribution in [2.24, 2.45) is 0 Å². The Morgan fingerprint density at radius 3 is 2.32 bits per heavy atom. The molecule has 0 amide bonds. The molecule has 7 nitrogen and oxygen atoms in total. The van der Waals surface area contributed by atoms with Crippen LogP contribution in [0.3, 0.4) is 0 Å². The summed E-state index contributed by atoms with van der Waals surface area (Å²) in [6.45, 7) is 3.15. The Hall–Kier alpha value is -1.35. The summed E-state index contributed by atoms with van der Waals surface area (Å²) >= 11 is 0. The van der Waals surface area contributed by atoms with Crippen LogP contribution in [-0.4, -0.2) is 35.8 Å². The fraction of sp³-hybridized carbons (Fsp3) is 0.455. The average molecular weight is 292 g/mol. The number of hydrogen-bond donors (Lipinski definition) is 5. The second kappa shape index (κ2) is 8.70. The van der Waals surface area contributed by atoms with E-state index in [-0.39, 0.29) is 6.61 Å². The van der Waals surface area contributed by atoms with Gasteiger partial charge in [-0.3, -0.25) is 9.11 Å². The van der Waals surface area contributed by atoms with Gasteiger partial charge in [-0.25, -0.2) is 0 Å². The number of nitrogen functional groups attached to an aromatic ring is 1. The number of unbranched alkanes of at least 4 members (excludes halogenated alkanes) is 1. The highest BCUT2D eigenvalue weighted by Gasteiger charge is 1.95. The minimum absolute atomic E-state index is 0.266. The zero-order valence-corrected chi connectivity index (χ0v) is 11.5. The summed E-state index contributed by atoms with van der Waals surface area (Å²) < 4.78 is 31.6. The van der Waals surface area contributed by atoms with Gasteiger partial charge in [-0.05, 0) is 43.5 Å². The highest BCUT2D eigenvalue weighted by atomic mass is 32.3. The van der Waals surface area contributed by atoms with Crippen LogP contribution in [-0.2, 0) is 10.4 Å². The topological polar surface area (TPSA) is 133 Å². The second-order valence-electron chi connectivity index (χ2n) is 3.88. The number of aryl methyl sites for hydroxylation is 1. The highest BCUT2D eigenvalue weighted by molar-refractivity contribution is 7.79. The Balaban J connectivity index is 0.000000555. The van der Waals surface area contributed by atoms with E-state index in [1.165, 1.54) is 0 Å². The molecule has 0 saturated heterocycles. The zero-order valence-electron chi connectivity index (χ0n) is 10.7. The maximum Gasteiger partial charge on any atom is 0.394 e. The molecule has 19 heavy (non-hydrogen) atoms. The van der Waals surface area contributed by atoms with Crippen LogP contribution in [0.5, 0.6) is 0 Å². The van der Waals surface area contributed by atoms with Gasteiger partial charge in [-0.15, -0.1) is 0 Å². The third kappa shape index (κ3) is 11.5. The molecule has 0 heterocycles. The third-order valence-corrected chi connectivity index (χ3v) is 2.18. The van der Waals surface area contributed by atoms with Crippen molar-refractivity contribution in [2.45, 2.75) is 19.8 Å². The predicted molar refractivity (Wildman–Crippen MR) is 74.6 cm³/mol. The number of nitrogens with two attached hydrogens (primary N) is 1. The molecule has 0 aliphatic heterocycles. The first-order chi connectivity index (χ1) is 8.74. The molecule has 0 saturated carbocycles. The van der Waals surface area contributed by atoms with Gasteiger partial charge in [0.2, 0.25) is 0 Å². The van der Waals surface area contributed by atoms with Gasteiger partial charge in [-0.1, -0.05) is 0 Å². The fourth-order valence-corrected chi connectivity index (χ4v) is 1.26.